The molecule has 0 bridgehead atoms. The Kier molecular flexibility index (Phi) is 33.2. The Morgan fingerprint density at radius 3 is 1.31 bits per heavy atom. The number of nitrogens with one attached hydrogen (secondary N) is 9. The van der Waals surface area contributed by atoms with Crippen LogP contribution in [0.15, 0.2) is 75.8 Å². The summed E-state index contributed by atoms with van der Waals surface area (Å²) in [7, 11) is 0. The number of aliphatic imine (C=N–C) groups is 3. The average Bonchev–Trinajstić information content (AvgIpc) is 2.09. The van der Waals surface area contributed by atoms with E-state index >= 15 is 0 Å². The van der Waals surface area contributed by atoms with Crippen LogP contribution in [0.3, 0.4) is 0 Å². The molecule has 1 heterocycles. The molecule has 0 spiro atoms. The van der Waals surface area contributed by atoms with Crippen molar-refractivity contribution in [3.8, 4) is 0 Å². The van der Waals surface area contributed by atoms with Crippen molar-refractivity contribution in [3.63, 3.8) is 0 Å². The van der Waals surface area contributed by atoms with Gasteiger partial charge in [0, 0.05) is 43.2 Å². The molecule has 27 N–H and O–H groups in total. The van der Waals surface area contributed by atoms with Gasteiger partial charge >= 0.3 is 5.97 Å². The molecule has 90 heavy (non-hydrogen) atoms. The lowest BCUT2D eigenvalue weighted by molar-refractivity contribution is -0.142. The Hall–Kier alpha value is -9.10. The molecule has 0 saturated carbocycles. The predicted octanol–water partition coefficient (Wildman–Crippen LogP) is -3.38. The molecule has 0 fully saturated rings. The van der Waals surface area contributed by atoms with Gasteiger partial charge < -0.3 is 104 Å². The predicted molar refractivity (Wildman–Crippen MR) is 342 cm³/mol. The number of aliphatic hydroxyl groups is 1. The number of H-pyrrole nitrogens is 1. The van der Waals surface area contributed by atoms with Crippen LogP contribution in [-0.4, -0.2) is 173 Å². The highest BCUT2D eigenvalue weighted by molar-refractivity contribution is 5.98. The van der Waals surface area contributed by atoms with Crippen molar-refractivity contribution in [1.82, 2.24) is 47.5 Å². The van der Waals surface area contributed by atoms with Crippen LogP contribution in [0.5, 0.6) is 0 Å². The summed E-state index contributed by atoms with van der Waals surface area (Å²) in [6.45, 7) is 6.22. The second kappa shape index (κ2) is 39.7. The molecule has 0 saturated heterocycles. The van der Waals surface area contributed by atoms with Crippen LogP contribution in [0.2, 0.25) is 0 Å². The molecule has 0 aliphatic heterocycles. The maximum Gasteiger partial charge on any atom is 0.326 e. The molecule has 3 aromatic rings. The number of benzene rings is 2. The van der Waals surface area contributed by atoms with Crippen molar-refractivity contribution in [1.29, 1.82) is 0 Å². The van der Waals surface area contributed by atoms with Gasteiger partial charge in [0.05, 0.1) is 12.6 Å². The number of fused-ring (bicyclic) bond motifs is 1. The summed E-state index contributed by atoms with van der Waals surface area (Å²) in [4.78, 5) is 141. The smallest absolute Gasteiger partial charge is 0.326 e. The van der Waals surface area contributed by atoms with Crippen LogP contribution < -0.4 is 88.4 Å². The van der Waals surface area contributed by atoms with Gasteiger partial charge in [-0.3, -0.25) is 53.3 Å². The number of hydrogen-bond donors (Lipinski definition) is 19. The fourth-order valence-corrected chi connectivity index (χ4v) is 9.48. The van der Waals surface area contributed by atoms with Crippen molar-refractivity contribution >= 4 is 82.0 Å². The second-order valence-electron chi connectivity index (χ2n) is 22.1. The molecule has 2 aromatic carbocycles. The van der Waals surface area contributed by atoms with Crippen LogP contribution in [0.25, 0.3) is 10.9 Å². The molecular formula is C59H96N20O11. The molecule has 0 unspecified atom stereocenters. The normalized spacial score (nSPS) is 14.7. The minimum atomic E-state index is -1.77. The van der Waals surface area contributed by atoms with E-state index in [1.54, 1.807) is 57.3 Å². The maximum atomic E-state index is 14.5. The van der Waals surface area contributed by atoms with E-state index in [9.17, 15) is 53.4 Å². The Morgan fingerprint density at radius 1 is 0.489 bits per heavy atom. The highest BCUT2D eigenvalue weighted by Crippen LogP contribution is 2.20. The molecule has 498 valence electrons. The van der Waals surface area contributed by atoms with Gasteiger partial charge in [-0.15, -0.1) is 0 Å². The molecule has 8 amide bonds. The topological polar surface area (TPSA) is 551 Å². The van der Waals surface area contributed by atoms with E-state index < -0.39 is 126 Å². The van der Waals surface area contributed by atoms with Crippen molar-refractivity contribution < 1.29 is 53.4 Å². The third kappa shape index (κ3) is 26.3. The Balaban J connectivity index is 1.92. The van der Waals surface area contributed by atoms with Crippen LogP contribution in [0.1, 0.15) is 109 Å². The first-order chi connectivity index (χ1) is 42.8. The lowest BCUT2D eigenvalue weighted by Crippen LogP contribution is -2.61. The molecule has 1 aromatic heterocycles. The number of rotatable bonds is 42. The number of carboxylic acids is 1. The van der Waals surface area contributed by atoms with Gasteiger partial charge in [-0.25, -0.2) is 4.79 Å². The number of para-hydroxylation sites is 1. The van der Waals surface area contributed by atoms with E-state index in [1.807, 2.05) is 31.2 Å². The van der Waals surface area contributed by atoms with Gasteiger partial charge in [-0.2, -0.15) is 0 Å². The number of guanidine groups is 3. The summed E-state index contributed by atoms with van der Waals surface area (Å²) in [6, 6.07) is 3.78. The van der Waals surface area contributed by atoms with Gasteiger partial charge in [0.1, 0.15) is 48.3 Å². The lowest BCUT2D eigenvalue weighted by Gasteiger charge is -2.29. The number of carbonyl (C=O) groups is 9. The largest absolute Gasteiger partial charge is 0.480 e. The monoisotopic (exact) mass is 1260 g/mol. The van der Waals surface area contributed by atoms with E-state index in [2.05, 4.69) is 62.5 Å². The number of aliphatic hydroxyl groups excluding tert-OH is 1. The number of unbranched alkanes of at least 4 members (excludes halogenated alkanes) is 1. The van der Waals surface area contributed by atoms with Gasteiger partial charge in [-0.05, 0) is 99.8 Å². The molecule has 31 nitrogen and oxygen atoms in total. The average molecular weight is 1260 g/mol. The Bertz CT molecular complexity index is 2900. The molecule has 0 aliphatic rings. The zero-order valence-corrected chi connectivity index (χ0v) is 51.9. The number of nitrogens with two attached hydrogens (primary N) is 8. The number of carbonyl (C=O) groups excluding carboxylic acids is 8. The molecule has 3 rings (SSSR count). The quantitative estimate of drug-likeness (QED) is 0.0149. The van der Waals surface area contributed by atoms with Gasteiger partial charge in [0.25, 0.3) is 0 Å². The fourth-order valence-electron chi connectivity index (χ4n) is 9.48. The highest BCUT2D eigenvalue weighted by atomic mass is 16.4. The zero-order valence-electron chi connectivity index (χ0n) is 51.9. The summed E-state index contributed by atoms with van der Waals surface area (Å²) < 4.78 is 0. The van der Waals surface area contributed by atoms with E-state index in [0.717, 1.165) is 16.5 Å². The number of amides is 8. The van der Waals surface area contributed by atoms with E-state index in [0.29, 0.717) is 31.2 Å². The van der Waals surface area contributed by atoms with E-state index in [-0.39, 0.29) is 102 Å². The first-order valence-electron chi connectivity index (χ1n) is 30.3. The molecular weight excluding hydrogens is 1160 g/mol. The van der Waals surface area contributed by atoms with Crippen molar-refractivity contribution in [2.75, 3.05) is 32.8 Å². The number of carboxylic acid groups (broad SMARTS) is 1. The van der Waals surface area contributed by atoms with Crippen molar-refractivity contribution in [3.05, 3.63) is 71.9 Å². The Morgan fingerprint density at radius 2 is 0.878 bits per heavy atom. The third-order valence-electron chi connectivity index (χ3n) is 15.1. The minimum Gasteiger partial charge on any atom is -0.480 e. The van der Waals surface area contributed by atoms with Crippen LogP contribution in [0, 0.1) is 11.8 Å². The zero-order chi connectivity index (χ0) is 66.9. The third-order valence-corrected chi connectivity index (χ3v) is 15.1. The number of hydrogen-bond acceptors (Lipinski definition) is 15. The summed E-state index contributed by atoms with van der Waals surface area (Å²) in [5.74, 6) is -9.83. The SMILES string of the molecule is CC[C@H](C)[C@H](NC(=O)[C@H](CCCN=C(N)N)NC(=O)[C@H](CO)NC(=O)[C@H](CCCN=C(N)N)NC(=O)[C@H](CCCCN)NC(=O)[C@H](CCCN=C(N)N)NC(=O)[C@@H](NC(=O)[C@@H](N)Cc1c[nH]c2ccccc12)[C@@H](C)CC)C(=O)N[C@@H](Cc1ccccc1)C(=O)O. The molecule has 0 radical (unpaired) electrons. The number of aromatic amines is 1. The second-order valence-corrected chi connectivity index (χ2v) is 22.1. The summed E-state index contributed by atoms with van der Waals surface area (Å²) in [6.07, 6.45) is 3.30. The summed E-state index contributed by atoms with van der Waals surface area (Å²) in [5.41, 5.74) is 47.8. The first kappa shape index (κ1) is 75.2. The van der Waals surface area contributed by atoms with Gasteiger partial charge in [0.2, 0.25) is 47.3 Å². The number of nitrogens with zero attached hydrogens (tertiary/aromatic N) is 3. The standard InChI is InChI=1S/C59H96N20O11/c1-5-33(3)46(78-48(81)38(61)30-36-31-71-39-20-11-10-19-37(36)39)54(87)75-42(23-15-27-69-58(64)65)50(83)72-40(21-12-13-25-60)49(82)73-41(22-14-26-68-57(62)63)51(84)77-45(32-80)53(86)74-43(24-16-28-70-59(66)67)52(85)79-47(34(4)6-2)55(88)76-44(56(89)90)29-35-17-8-7-9-18-35/h7-11,17-20,31,33-34,38,40-47,71,80H,5-6,12-16,21-30,32,60-61H2,1-4H3,(H,72,83)(H,73,82)(H,74,86)(H,75,87)(H,76,88)(H,77,84)(H,78,81)(H,79,85)(H,89,90)(H4,62,63,68)(H4,64,65,69)(H4,66,67,70)/t33-,34-,38-,40-,41-,42-,43-,44-,45-,46-,47-/m0/s1. The number of aliphatic carboxylic acids is 1. The highest BCUT2D eigenvalue weighted by Gasteiger charge is 2.37. The van der Waals surface area contributed by atoms with E-state index in [4.69, 9.17) is 45.9 Å². The van der Waals surface area contributed by atoms with Crippen LogP contribution in [0.4, 0.5) is 0 Å². The molecule has 11 atom stereocenters. The lowest BCUT2D eigenvalue weighted by atomic mass is 9.96. The minimum absolute atomic E-state index is 0.00285. The number of aromatic nitrogens is 1. The van der Waals surface area contributed by atoms with Gasteiger partial charge in [-0.1, -0.05) is 89.1 Å². The fraction of sp³-hybridized carbons (Fsp3) is 0.559. The Labute approximate surface area is 524 Å². The molecule has 0 aliphatic carbocycles. The van der Waals surface area contributed by atoms with Gasteiger partial charge in [0.15, 0.2) is 17.9 Å². The van der Waals surface area contributed by atoms with Crippen LogP contribution in [-0.2, 0) is 56.0 Å². The summed E-state index contributed by atoms with van der Waals surface area (Å²) >= 11 is 0. The summed E-state index contributed by atoms with van der Waals surface area (Å²) in [5, 5.41) is 42.6. The van der Waals surface area contributed by atoms with Crippen molar-refractivity contribution in [2.45, 2.75) is 166 Å². The maximum absolute atomic E-state index is 14.5. The van der Waals surface area contributed by atoms with E-state index in [1.165, 1.54) is 0 Å². The molecule has 31 heteroatoms. The first-order valence-corrected chi connectivity index (χ1v) is 30.3. The van der Waals surface area contributed by atoms with Crippen LogP contribution >= 0.6 is 0 Å². The van der Waals surface area contributed by atoms with Crippen molar-refractivity contribution in [2.24, 2.45) is 72.7 Å².